The van der Waals surface area contributed by atoms with E-state index >= 15 is 0 Å². The van der Waals surface area contributed by atoms with E-state index in [2.05, 4.69) is 9.97 Å². The number of anilines is 2. The predicted molar refractivity (Wildman–Crippen MR) is 83.3 cm³/mol. The monoisotopic (exact) mass is 322 g/mol. The summed E-state index contributed by atoms with van der Waals surface area (Å²) in [7, 11) is 0. The highest BCUT2D eigenvalue weighted by Gasteiger charge is 2.55. The molecule has 0 spiro atoms. The molecule has 0 aromatic carbocycles. The van der Waals surface area contributed by atoms with Gasteiger partial charge in [0, 0.05) is 13.1 Å². The van der Waals surface area contributed by atoms with Gasteiger partial charge in [0.15, 0.2) is 5.82 Å². The fourth-order valence-electron chi connectivity index (χ4n) is 3.41. The number of amides is 1. The Morgan fingerprint density at radius 2 is 2.27 bits per heavy atom. The minimum absolute atomic E-state index is 0.0741. The van der Waals surface area contributed by atoms with E-state index in [9.17, 15) is 4.79 Å². The second-order valence-electron chi connectivity index (χ2n) is 6.52. The molecule has 7 heteroatoms. The summed E-state index contributed by atoms with van der Waals surface area (Å²) < 4.78 is 5.77. The minimum Gasteiger partial charge on any atom is -0.374 e. The van der Waals surface area contributed by atoms with Gasteiger partial charge in [0.2, 0.25) is 5.28 Å². The van der Waals surface area contributed by atoms with Crippen molar-refractivity contribution in [1.82, 2.24) is 9.97 Å². The summed E-state index contributed by atoms with van der Waals surface area (Å²) in [4.78, 5) is 25.6. The van der Waals surface area contributed by atoms with Crippen LogP contribution < -0.4 is 9.80 Å². The largest absolute Gasteiger partial charge is 0.374 e. The van der Waals surface area contributed by atoms with Crippen molar-refractivity contribution >= 4 is 29.0 Å². The molecular weight excluding hydrogens is 304 g/mol. The zero-order valence-corrected chi connectivity index (χ0v) is 13.5. The Balaban J connectivity index is 1.86. The van der Waals surface area contributed by atoms with Gasteiger partial charge in [-0.2, -0.15) is 4.98 Å². The summed E-state index contributed by atoms with van der Waals surface area (Å²) in [6.07, 6.45) is 3.84. The van der Waals surface area contributed by atoms with Crippen LogP contribution in [0.3, 0.4) is 0 Å². The maximum Gasteiger partial charge on any atom is 0.255 e. The lowest BCUT2D eigenvalue weighted by Gasteiger charge is -2.53. The molecule has 0 N–H and O–H groups in total. The fourth-order valence-corrected chi connectivity index (χ4v) is 3.54. The van der Waals surface area contributed by atoms with Gasteiger partial charge in [-0.15, -0.1) is 0 Å². The van der Waals surface area contributed by atoms with E-state index in [0.717, 1.165) is 18.1 Å². The lowest BCUT2D eigenvalue weighted by atomic mass is 9.87. The number of aromatic nitrogens is 2. The number of carbonyl (C=O) groups is 1. The molecule has 2 aliphatic heterocycles. The first-order chi connectivity index (χ1) is 10.5. The quantitative estimate of drug-likeness (QED) is 0.778. The third-order valence-corrected chi connectivity index (χ3v) is 5.30. The third kappa shape index (κ3) is 1.93. The number of carbonyl (C=O) groups excluding carboxylic acids is 1. The molecule has 1 saturated heterocycles. The number of rotatable bonds is 2. The Morgan fingerprint density at radius 1 is 1.50 bits per heavy atom. The number of morpholine rings is 1. The average molecular weight is 323 g/mol. The number of hydrogen-bond acceptors (Lipinski definition) is 5. The second kappa shape index (κ2) is 4.80. The molecule has 118 valence electrons. The first kappa shape index (κ1) is 14.2. The van der Waals surface area contributed by atoms with Crippen LogP contribution in [0.2, 0.25) is 5.28 Å². The van der Waals surface area contributed by atoms with E-state index in [4.69, 9.17) is 16.3 Å². The van der Waals surface area contributed by atoms with E-state index in [0.29, 0.717) is 19.1 Å². The SMILES string of the molecule is C[C@@H]1OCCN2c3nc(Cl)ncc3N(CC3CC3)C(=O)[C@]12C. The summed E-state index contributed by atoms with van der Waals surface area (Å²) >= 11 is 6.01. The van der Waals surface area contributed by atoms with Crippen molar-refractivity contribution in [2.75, 3.05) is 29.5 Å². The summed E-state index contributed by atoms with van der Waals surface area (Å²) in [5.41, 5.74) is 0.0329. The summed E-state index contributed by atoms with van der Waals surface area (Å²) in [5.74, 6) is 1.41. The van der Waals surface area contributed by atoms with Crippen LogP contribution in [0.15, 0.2) is 6.20 Å². The molecule has 1 aliphatic carbocycles. The van der Waals surface area contributed by atoms with E-state index in [-0.39, 0.29) is 17.3 Å². The summed E-state index contributed by atoms with van der Waals surface area (Å²) in [5, 5.41) is 0.209. The maximum absolute atomic E-state index is 13.2. The van der Waals surface area contributed by atoms with Gasteiger partial charge in [0.25, 0.3) is 5.91 Å². The van der Waals surface area contributed by atoms with Crippen LogP contribution in [0, 0.1) is 5.92 Å². The molecule has 0 unspecified atom stereocenters. The van der Waals surface area contributed by atoms with E-state index in [1.807, 2.05) is 23.6 Å². The van der Waals surface area contributed by atoms with Crippen LogP contribution in [0.25, 0.3) is 0 Å². The van der Waals surface area contributed by atoms with Gasteiger partial charge in [-0.05, 0) is 44.2 Å². The van der Waals surface area contributed by atoms with Crippen LogP contribution >= 0.6 is 11.6 Å². The zero-order chi connectivity index (χ0) is 15.5. The van der Waals surface area contributed by atoms with Crippen LogP contribution in [-0.4, -0.2) is 47.2 Å². The molecule has 1 saturated carbocycles. The Morgan fingerprint density at radius 3 is 3.00 bits per heavy atom. The number of nitrogens with zero attached hydrogens (tertiary/aromatic N) is 4. The molecular formula is C15H19ClN4O2. The standard InChI is InChI=1S/C15H19ClN4O2/c1-9-15(2)13(21)19(8-10-3-4-10)11-7-17-14(16)18-12(11)20(15)5-6-22-9/h7,9-10H,3-6,8H2,1-2H3/t9-,15-/m0/s1. The van der Waals surface area contributed by atoms with E-state index in [1.54, 1.807) is 6.20 Å². The van der Waals surface area contributed by atoms with Gasteiger partial charge >= 0.3 is 0 Å². The molecule has 22 heavy (non-hydrogen) atoms. The third-order valence-electron chi connectivity index (χ3n) is 5.12. The normalized spacial score (nSPS) is 31.0. The molecule has 1 aromatic rings. The average Bonchev–Trinajstić information content (AvgIpc) is 3.30. The van der Waals surface area contributed by atoms with Crippen LogP contribution in [0.5, 0.6) is 0 Å². The molecule has 0 radical (unpaired) electrons. The van der Waals surface area contributed by atoms with Gasteiger partial charge in [-0.1, -0.05) is 0 Å². The first-order valence-electron chi connectivity index (χ1n) is 7.75. The van der Waals surface area contributed by atoms with Crippen molar-refractivity contribution in [2.45, 2.75) is 38.3 Å². The summed E-state index contributed by atoms with van der Waals surface area (Å²) in [6.45, 7) is 5.83. The summed E-state index contributed by atoms with van der Waals surface area (Å²) in [6, 6.07) is 0. The van der Waals surface area contributed by atoms with Crippen LogP contribution in [-0.2, 0) is 9.53 Å². The minimum atomic E-state index is -0.738. The molecule has 1 amide bonds. The van der Waals surface area contributed by atoms with Crippen molar-refractivity contribution in [3.05, 3.63) is 11.5 Å². The Labute approximate surface area is 134 Å². The van der Waals surface area contributed by atoms with Gasteiger partial charge in [-0.25, -0.2) is 4.98 Å². The highest BCUT2D eigenvalue weighted by molar-refractivity contribution is 6.28. The molecule has 4 rings (SSSR count). The lowest BCUT2D eigenvalue weighted by Crippen LogP contribution is -2.70. The molecule has 2 atom stereocenters. The second-order valence-corrected chi connectivity index (χ2v) is 6.86. The van der Waals surface area contributed by atoms with Gasteiger partial charge in [-0.3, -0.25) is 4.79 Å². The fraction of sp³-hybridized carbons (Fsp3) is 0.667. The van der Waals surface area contributed by atoms with Crippen molar-refractivity contribution in [3.8, 4) is 0 Å². The van der Waals surface area contributed by atoms with Crippen molar-refractivity contribution in [3.63, 3.8) is 0 Å². The Kier molecular flexibility index (Phi) is 3.10. The number of halogens is 1. The molecule has 3 heterocycles. The molecule has 0 bridgehead atoms. The van der Waals surface area contributed by atoms with Gasteiger partial charge < -0.3 is 14.5 Å². The highest BCUT2D eigenvalue weighted by atomic mass is 35.5. The highest BCUT2D eigenvalue weighted by Crippen LogP contribution is 2.44. The van der Waals surface area contributed by atoms with E-state index < -0.39 is 5.54 Å². The van der Waals surface area contributed by atoms with Crippen molar-refractivity contribution < 1.29 is 9.53 Å². The van der Waals surface area contributed by atoms with Crippen LogP contribution in [0.4, 0.5) is 11.5 Å². The zero-order valence-electron chi connectivity index (χ0n) is 12.8. The topological polar surface area (TPSA) is 58.6 Å². The van der Waals surface area contributed by atoms with Gasteiger partial charge in [0.1, 0.15) is 11.2 Å². The lowest BCUT2D eigenvalue weighted by molar-refractivity contribution is -0.132. The Hall–Kier alpha value is -1.40. The first-order valence-corrected chi connectivity index (χ1v) is 8.13. The number of fused-ring (bicyclic) bond motifs is 3. The molecule has 3 aliphatic rings. The van der Waals surface area contributed by atoms with Crippen LogP contribution in [0.1, 0.15) is 26.7 Å². The molecule has 2 fully saturated rings. The number of ether oxygens (including phenoxy) is 1. The van der Waals surface area contributed by atoms with E-state index in [1.165, 1.54) is 12.8 Å². The van der Waals surface area contributed by atoms with Crippen molar-refractivity contribution in [2.24, 2.45) is 5.92 Å². The molecule has 6 nitrogen and oxygen atoms in total. The Bertz CT molecular complexity index is 636. The maximum atomic E-state index is 13.2. The molecule has 1 aromatic heterocycles. The smallest absolute Gasteiger partial charge is 0.255 e. The predicted octanol–water partition coefficient (Wildman–Crippen LogP) is 1.87. The van der Waals surface area contributed by atoms with Crippen molar-refractivity contribution in [1.29, 1.82) is 0 Å². The van der Waals surface area contributed by atoms with Gasteiger partial charge in [0.05, 0.1) is 18.9 Å². The number of hydrogen-bond donors (Lipinski definition) is 0.